The van der Waals surface area contributed by atoms with Crippen LogP contribution in [0.4, 0.5) is 17.6 Å². The van der Waals surface area contributed by atoms with Crippen LogP contribution in [0, 0.1) is 5.82 Å². The van der Waals surface area contributed by atoms with Crippen molar-refractivity contribution in [3.63, 3.8) is 0 Å². The van der Waals surface area contributed by atoms with E-state index in [1.165, 1.54) is 12.1 Å². The topological polar surface area (TPSA) is 29.1 Å². The summed E-state index contributed by atoms with van der Waals surface area (Å²) >= 11 is 1.60. The average molecular weight is 357 g/mol. The monoisotopic (exact) mass is 357 g/mol. The standard InChI is InChI=1S/C17H15F4NOS/c1-24-10-11-2-4-13(5-3-11)16(23)22-15(17(19,20)21)12-6-8-14(18)9-7-12/h2-9,15H,10H2,1H3,(H,22,23). The quantitative estimate of drug-likeness (QED) is 0.785. The van der Waals surface area contributed by atoms with Crippen molar-refractivity contribution < 1.29 is 22.4 Å². The van der Waals surface area contributed by atoms with Gasteiger partial charge in [-0.25, -0.2) is 4.39 Å². The molecule has 0 saturated heterocycles. The molecule has 2 nitrogen and oxygen atoms in total. The third-order valence-electron chi connectivity index (χ3n) is 3.33. The second-order valence-electron chi connectivity index (χ2n) is 5.13. The first-order valence-electron chi connectivity index (χ1n) is 7.02. The molecule has 128 valence electrons. The van der Waals surface area contributed by atoms with E-state index in [9.17, 15) is 22.4 Å². The summed E-state index contributed by atoms with van der Waals surface area (Å²) in [5.41, 5.74) is 0.887. The van der Waals surface area contributed by atoms with Gasteiger partial charge in [0, 0.05) is 11.3 Å². The third-order valence-corrected chi connectivity index (χ3v) is 3.96. The van der Waals surface area contributed by atoms with Crippen molar-refractivity contribution in [2.45, 2.75) is 18.0 Å². The van der Waals surface area contributed by atoms with E-state index in [4.69, 9.17) is 0 Å². The van der Waals surface area contributed by atoms with E-state index in [0.29, 0.717) is 0 Å². The number of halogens is 4. The highest BCUT2D eigenvalue weighted by Gasteiger charge is 2.42. The first-order valence-corrected chi connectivity index (χ1v) is 8.41. The number of thioether (sulfide) groups is 1. The summed E-state index contributed by atoms with van der Waals surface area (Å²) in [5, 5.41) is 1.97. The normalized spacial score (nSPS) is 12.7. The Hall–Kier alpha value is -2.02. The molecule has 0 aliphatic carbocycles. The van der Waals surface area contributed by atoms with E-state index < -0.39 is 23.9 Å². The van der Waals surface area contributed by atoms with Gasteiger partial charge in [-0.05, 0) is 41.6 Å². The maximum atomic E-state index is 13.2. The van der Waals surface area contributed by atoms with Gasteiger partial charge < -0.3 is 5.32 Å². The maximum Gasteiger partial charge on any atom is 0.412 e. The second-order valence-corrected chi connectivity index (χ2v) is 6.00. The molecule has 0 aliphatic heterocycles. The largest absolute Gasteiger partial charge is 0.412 e. The molecule has 7 heteroatoms. The van der Waals surface area contributed by atoms with Crippen LogP contribution in [0.5, 0.6) is 0 Å². The Morgan fingerprint density at radius 2 is 1.67 bits per heavy atom. The zero-order valence-corrected chi connectivity index (χ0v) is 13.5. The minimum atomic E-state index is -4.69. The molecule has 0 aliphatic rings. The van der Waals surface area contributed by atoms with Crippen molar-refractivity contribution in [1.82, 2.24) is 5.32 Å². The average Bonchev–Trinajstić information content (AvgIpc) is 2.53. The van der Waals surface area contributed by atoms with Crippen LogP contribution in [0.1, 0.15) is 27.5 Å². The summed E-state index contributed by atoms with van der Waals surface area (Å²) in [7, 11) is 0. The summed E-state index contributed by atoms with van der Waals surface area (Å²) in [6, 6.07) is 8.05. The molecule has 1 atom stereocenters. The lowest BCUT2D eigenvalue weighted by atomic mass is 10.1. The van der Waals surface area contributed by atoms with Crippen LogP contribution in [0.3, 0.4) is 0 Å². The van der Waals surface area contributed by atoms with Crippen LogP contribution in [0.15, 0.2) is 48.5 Å². The lowest BCUT2D eigenvalue weighted by Gasteiger charge is -2.22. The van der Waals surface area contributed by atoms with Gasteiger partial charge in [0.05, 0.1) is 0 Å². The summed E-state index contributed by atoms with van der Waals surface area (Å²) in [6.07, 6.45) is -2.76. The van der Waals surface area contributed by atoms with Gasteiger partial charge in [-0.15, -0.1) is 0 Å². The molecule has 2 aromatic rings. The Morgan fingerprint density at radius 1 is 1.08 bits per heavy atom. The van der Waals surface area contributed by atoms with Crippen LogP contribution >= 0.6 is 11.8 Å². The van der Waals surface area contributed by atoms with E-state index in [2.05, 4.69) is 0 Å². The van der Waals surface area contributed by atoms with Crippen molar-refractivity contribution in [3.8, 4) is 0 Å². The summed E-state index contributed by atoms with van der Waals surface area (Å²) in [6.45, 7) is 0. The van der Waals surface area contributed by atoms with Crippen LogP contribution in [0.2, 0.25) is 0 Å². The lowest BCUT2D eigenvalue weighted by Crippen LogP contribution is -2.38. The molecule has 0 bridgehead atoms. The summed E-state index contributed by atoms with van der Waals surface area (Å²) in [4.78, 5) is 12.1. The molecular weight excluding hydrogens is 342 g/mol. The minimum absolute atomic E-state index is 0.135. The fraction of sp³-hybridized carbons (Fsp3) is 0.235. The van der Waals surface area contributed by atoms with E-state index in [1.54, 1.807) is 23.9 Å². The van der Waals surface area contributed by atoms with E-state index in [0.717, 1.165) is 35.6 Å². The highest BCUT2D eigenvalue weighted by Crippen LogP contribution is 2.33. The minimum Gasteiger partial charge on any atom is -0.337 e. The molecule has 2 rings (SSSR count). The molecule has 0 fully saturated rings. The fourth-order valence-corrected chi connectivity index (χ4v) is 2.67. The number of rotatable bonds is 5. The van der Waals surface area contributed by atoms with Crippen LogP contribution < -0.4 is 5.32 Å². The van der Waals surface area contributed by atoms with Crippen LogP contribution in [-0.2, 0) is 5.75 Å². The van der Waals surface area contributed by atoms with Crippen molar-refractivity contribution in [2.24, 2.45) is 0 Å². The molecule has 1 N–H and O–H groups in total. The van der Waals surface area contributed by atoms with Gasteiger partial charge in [0.2, 0.25) is 0 Å². The Kier molecular flexibility index (Phi) is 5.88. The number of carbonyl (C=O) groups is 1. The fourth-order valence-electron chi connectivity index (χ4n) is 2.14. The third kappa shape index (κ3) is 4.74. The molecule has 0 saturated carbocycles. The van der Waals surface area contributed by atoms with Gasteiger partial charge in [-0.2, -0.15) is 24.9 Å². The number of alkyl halides is 3. The Balaban J connectivity index is 2.19. The Morgan fingerprint density at radius 3 is 2.17 bits per heavy atom. The molecule has 0 heterocycles. The number of carbonyl (C=O) groups excluding carboxylic acids is 1. The number of hydrogen-bond acceptors (Lipinski definition) is 2. The van der Waals surface area contributed by atoms with E-state index >= 15 is 0 Å². The van der Waals surface area contributed by atoms with Gasteiger partial charge in [0.15, 0.2) is 6.04 Å². The van der Waals surface area contributed by atoms with Gasteiger partial charge in [0.1, 0.15) is 5.82 Å². The predicted octanol–water partition coefficient (Wildman–Crippen LogP) is 4.72. The molecule has 24 heavy (non-hydrogen) atoms. The first kappa shape index (κ1) is 18.3. The molecule has 0 spiro atoms. The second kappa shape index (κ2) is 7.70. The SMILES string of the molecule is CSCc1ccc(C(=O)NC(c2ccc(F)cc2)C(F)(F)F)cc1. The highest BCUT2D eigenvalue weighted by molar-refractivity contribution is 7.97. The van der Waals surface area contributed by atoms with Crippen LogP contribution in [-0.4, -0.2) is 18.3 Å². The number of nitrogens with one attached hydrogen (secondary N) is 1. The lowest BCUT2D eigenvalue weighted by molar-refractivity contribution is -0.155. The molecular formula is C17H15F4NOS. The maximum absolute atomic E-state index is 13.2. The van der Waals surface area contributed by atoms with Gasteiger partial charge in [-0.1, -0.05) is 24.3 Å². The Bertz CT molecular complexity index is 683. The molecule has 0 aromatic heterocycles. The van der Waals surface area contributed by atoms with Crippen molar-refractivity contribution in [2.75, 3.05) is 6.26 Å². The zero-order valence-electron chi connectivity index (χ0n) is 12.7. The molecule has 0 radical (unpaired) electrons. The van der Waals surface area contributed by atoms with Gasteiger partial charge in [0.25, 0.3) is 5.91 Å². The molecule has 1 amide bonds. The summed E-state index contributed by atoms with van der Waals surface area (Å²) in [5.74, 6) is -0.726. The van der Waals surface area contributed by atoms with Crippen molar-refractivity contribution in [1.29, 1.82) is 0 Å². The van der Waals surface area contributed by atoms with Gasteiger partial charge >= 0.3 is 6.18 Å². The van der Waals surface area contributed by atoms with Crippen molar-refractivity contribution in [3.05, 3.63) is 71.0 Å². The summed E-state index contributed by atoms with van der Waals surface area (Å²) < 4.78 is 52.6. The van der Waals surface area contributed by atoms with E-state index in [1.807, 2.05) is 11.6 Å². The molecule has 1 unspecified atom stereocenters. The zero-order chi connectivity index (χ0) is 17.7. The smallest absolute Gasteiger partial charge is 0.337 e. The number of benzene rings is 2. The van der Waals surface area contributed by atoms with Gasteiger partial charge in [-0.3, -0.25) is 4.79 Å². The first-order chi connectivity index (χ1) is 11.3. The number of hydrogen-bond donors (Lipinski definition) is 1. The highest BCUT2D eigenvalue weighted by atomic mass is 32.2. The predicted molar refractivity (Wildman–Crippen MR) is 86.3 cm³/mol. The Labute approximate surface area is 141 Å². The van der Waals surface area contributed by atoms with Crippen LogP contribution in [0.25, 0.3) is 0 Å². The number of amides is 1. The van der Waals surface area contributed by atoms with E-state index in [-0.39, 0.29) is 11.1 Å². The van der Waals surface area contributed by atoms with Crippen molar-refractivity contribution >= 4 is 17.7 Å². The molecule has 2 aromatic carbocycles.